The van der Waals surface area contributed by atoms with Crippen molar-refractivity contribution in [1.29, 1.82) is 0 Å². The van der Waals surface area contributed by atoms with Gasteiger partial charge in [-0.2, -0.15) is 0 Å². The van der Waals surface area contributed by atoms with Crippen LogP contribution in [0.4, 0.5) is 4.39 Å². The molecule has 0 aliphatic carbocycles. The maximum absolute atomic E-state index is 12.7. The van der Waals surface area contributed by atoms with E-state index >= 15 is 0 Å². The highest BCUT2D eigenvalue weighted by molar-refractivity contribution is 5.80. The van der Waals surface area contributed by atoms with Gasteiger partial charge < -0.3 is 15.5 Å². The van der Waals surface area contributed by atoms with Crippen LogP contribution in [0, 0.1) is 5.82 Å². The van der Waals surface area contributed by atoms with Crippen molar-refractivity contribution in [3.63, 3.8) is 0 Å². The quantitative estimate of drug-likeness (QED) is 0.821. The number of hydrogen-bond acceptors (Lipinski definition) is 3. The van der Waals surface area contributed by atoms with Crippen LogP contribution in [0.25, 0.3) is 0 Å². The molecule has 1 saturated heterocycles. The van der Waals surface area contributed by atoms with Crippen molar-refractivity contribution in [2.45, 2.75) is 12.8 Å². The predicted molar refractivity (Wildman–Crippen MR) is 77.2 cm³/mol. The number of carbonyl (C=O) groups is 2. The van der Waals surface area contributed by atoms with Gasteiger partial charge in [-0.25, -0.2) is 4.39 Å². The number of hydrogen-bond donors (Lipinski definition) is 2. The molecule has 2 N–H and O–H groups in total. The standard InChI is InChI=1S/C15H20FN3O2/c16-13-3-1-12(2-4-13)11-14(20)18-6-5-15(21)19-9-7-17-8-10-19/h1-4,17H,5-11H2,(H,18,20). The summed E-state index contributed by atoms with van der Waals surface area (Å²) in [5, 5.41) is 5.90. The van der Waals surface area contributed by atoms with Gasteiger partial charge in [0.15, 0.2) is 0 Å². The van der Waals surface area contributed by atoms with Crippen molar-refractivity contribution in [3.05, 3.63) is 35.6 Å². The molecule has 1 heterocycles. The van der Waals surface area contributed by atoms with Crippen LogP contribution >= 0.6 is 0 Å². The van der Waals surface area contributed by atoms with E-state index in [2.05, 4.69) is 10.6 Å². The number of amides is 2. The zero-order valence-corrected chi connectivity index (χ0v) is 11.9. The van der Waals surface area contributed by atoms with E-state index in [0.717, 1.165) is 31.7 Å². The molecule has 2 rings (SSSR count). The highest BCUT2D eigenvalue weighted by atomic mass is 19.1. The third-order valence-electron chi connectivity index (χ3n) is 3.41. The van der Waals surface area contributed by atoms with Gasteiger partial charge in [0.1, 0.15) is 5.82 Å². The highest BCUT2D eigenvalue weighted by Gasteiger charge is 2.15. The second-order valence-electron chi connectivity index (χ2n) is 5.03. The Hall–Kier alpha value is -1.95. The molecule has 1 fully saturated rings. The van der Waals surface area contributed by atoms with Gasteiger partial charge in [0.05, 0.1) is 6.42 Å². The Morgan fingerprint density at radius 1 is 1.19 bits per heavy atom. The second-order valence-corrected chi connectivity index (χ2v) is 5.03. The largest absolute Gasteiger partial charge is 0.355 e. The lowest BCUT2D eigenvalue weighted by Gasteiger charge is -2.27. The molecule has 0 radical (unpaired) electrons. The van der Waals surface area contributed by atoms with Crippen LogP contribution in [0.15, 0.2) is 24.3 Å². The first-order valence-corrected chi connectivity index (χ1v) is 7.15. The fraction of sp³-hybridized carbons (Fsp3) is 0.467. The minimum Gasteiger partial charge on any atom is -0.355 e. The molecule has 2 amide bonds. The SMILES string of the molecule is O=C(Cc1ccc(F)cc1)NCCC(=O)N1CCNCC1. The van der Waals surface area contributed by atoms with Gasteiger partial charge in [0.25, 0.3) is 0 Å². The number of rotatable bonds is 5. The van der Waals surface area contributed by atoms with Gasteiger partial charge in [-0.05, 0) is 17.7 Å². The maximum Gasteiger partial charge on any atom is 0.224 e. The number of benzene rings is 1. The smallest absolute Gasteiger partial charge is 0.224 e. The number of nitrogens with one attached hydrogen (secondary N) is 2. The van der Waals surface area contributed by atoms with Gasteiger partial charge in [-0.3, -0.25) is 9.59 Å². The first kappa shape index (κ1) is 15.4. The average Bonchev–Trinajstić information content (AvgIpc) is 2.50. The van der Waals surface area contributed by atoms with Crippen molar-refractivity contribution in [2.24, 2.45) is 0 Å². The van der Waals surface area contributed by atoms with E-state index in [1.807, 2.05) is 4.90 Å². The van der Waals surface area contributed by atoms with Crippen LogP contribution in [0.2, 0.25) is 0 Å². The molecule has 1 aromatic rings. The highest BCUT2D eigenvalue weighted by Crippen LogP contribution is 2.03. The number of piperazine rings is 1. The van der Waals surface area contributed by atoms with Gasteiger partial charge in [0.2, 0.25) is 11.8 Å². The Balaban J connectivity index is 1.66. The van der Waals surface area contributed by atoms with E-state index in [9.17, 15) is 14.0 Å². The second kappa shape index (κ2) is 7.73. The molecule has 0 unspecified atom stereocenters. The summed E-state index contributed by atoms with van der Waals surface area (Å²) in [5.74, 6) is -0.408. The normalized spacial score (nSPS) is 14.8. The van der Waals surface area contributed by atoms with Crippen molar-refractivity contribution in [2.75, 3.05) is 32.7 Å². The van der Waals surface area contributed by atoms with Crippen LogP contribution in [0.1, 0.15) is 12.0 Å². The van der Waals surface area contributed by atoms with Crippen LogP contribution in [-0.4, -0.2) is 49.4 Å². The van der Waals surface area contributed by atoms with E-state index in [-0.39, 0.29) is 24.1 Å². The Morgan fingerprint density at radius 2 is 1.86 bits per heavy atom. The molecule has 114 valence electrons. The summed E-state index contributed by atoms with van der Waals surface area (Å²) in [4.78, 5) is 25.4. The zero-order chi connectivity index (χ0) is 15.1. The molecule has 0 saturated carbocycles. The molecule has 1 aliphatic rings. The van der Waals surface area contributed by atoms with E-state index < -0.39 is 0 Å². The van der Waals surface area contributed by atoms with Crippen LogP contribution in [0.5, 0.6) is 0 Å². The minimum atomic E-state index is -0.319. The van der Waals surface area contributed by atoms with Crippen molar-refractivity contribution >= 4 is 11.8 Å². The van der Waals surface area contributed by atoms with Gasteiger partial charge in [-0.1, -0.05) is 12.1 Å². The number of carbonyl (C=O) groups excluding carboxylic acids is 2. The average molecular weight is 293 g/mol. The third kappa shape index (κ3) is 5.15. The van der Waals surface area contributed by atoms with Crippen LogP contribution in [0.3, 0.4) is 0 Å². The number of halogens is 1. The summed E-state index contributed by atoms with van der Waals surface area (Å²) < 4.78 is 12.7. The number of nitrogens with zero attached hydrogens (tertiary/aromatic N) is 1. The van der Waals surface area contributed by atoms with Crippen molar-refractivity contribution in [1.82, 2.24) is 15.5 Å². The fourth-order valence-electron chi connectivity index (χ4n) is 2.23. The maximum atomic E-state index is 12.7. The predicted octanol–water partition coefficient (Wildman–Crippen LogP) is 0.306. The lowest BCUT2D eigenvalue weighted by atomic mass is 10.1. The molecule has 0 atom stereocenters. The third-order valence-corrected chi connectivity index (χ3v) is 3.41. The van der Waals surface area contributed by atoms with Crippen molar-refractivity contribution < 1.29 is 14.0 Å². The molecule has 1 aromatic carbocycles. The summed E-state index contributed by atoms with van der Waals surface area (Å²) >= 11 is 0. The lowest BCUT2D eigenvalue weighted by Crippen LogP contribution is -2.47. The Morgan fingerprint density at radius 3 is 2.52 bits per heavy atom. The fourth-order valence-corrected chi connectivity index (χ4v) is 2.23. The molecule has 0 spiro atoms. The zero-order valence-electron chi connectivity index (χ0n) is 11.9. The first-order chi connectivity index (χ1) is 10.1. The van der Waals surface area contributed by atoms with Crippen LogP contribution < -0.4 is 10.6 Å². The van der Waals surface area contributed by atoms with E-state index in [4.69, 9.17) is 0 Å². The summed E-state index contributed by atoms with van der Waals surface area (Å²) in [5.41, 5.74) is 0.752. The minimum absolute atomic E-state index is 0.0681. The molecule has 5 nitrogen and oxygen atoms in total. The van der Waals surface area contributed by atoms with E-state index in [1.54, 1.807) is 12.1 Å². The Kier molecular flexibility index (Phi) is 5.68. The van der Waals surface area contributed by atoms with E-state index in [1.165, 1.54) is 12.1 Å². The van der Waals surface area contributed by atoms with Crippen LogP contribution in [-0.2, 0) is 16.0 Å². The first-order valence-electron chi connectivity index (χ1n) is 7.15. The molecular weight excluding hydrogens is 273 g/mol. The summed E-state index contributed by atoms with van der Waals surface area (Å²) in [6.45, 7) is 3.43. The van der Waals surface area contributed by atoms with Gasteiger partial charge in [-0.15, -0.1) is 0 Å². The Labute approximate surface area is 123 Å². The molecule has 0 aromatic heterocycles. The van der Waals surface area contributed by atoms with E-state index in [0.29, 0.717) is 13.0 Å². The molecule has 21 heavy (non-hydrogen) atoms. The molecule has 1 aliphatic heterocycles. The topological polar surface area (TPSA) is 61.4 Å². The monoisotopic (exact) mass is 293 g/mol. The van der Waals surface area contributed by atoms with Crippen molar-refractivity contribution in [3.8, 4) is 0 Å². The summed E-state index contributed by atoms with van der Waals surface area (Å²) in [6, 6.07) is 5.83. The van der Waals surface area contributed by atoms with Gasteiger partial charge in [0, 0.05) is 39.1 Å². The lowest BCUT2D eigenvalue weighted by molar-refractivity contribution is -0.131. The Bertz CT molecular complexity index is 484. The molecule has 0 bridgehead atoms. The summed E-state index contributed by atoms with van der Waals surface area (Å²) in [6.07, 6.45) is 0.511. The molecule has 6 heteroatoms. The molecular formula is C15H20FN3O2. The summed E-state index contributed by atoms with van der Waals surface area (Å²) in [7, 11) is 0. The van der Waals surface area contributed by atoms with Gasteiger partial charge >= 0.3 is 0 Å².